The maximum absolute atomic E-state index is 11.5. The van der Waals surface area contributed by atoms with E-state index in [2.05, 4.69) is 22.0 Å². The lowest BCUT2D eigenvalue weighted by Crippen LogP contribution is -2.38. The Balaban J connectivity index is 1.55. The van der Waals surface area contributed by atoms with Crippen molar-refractivity contribution in [1.29, 1.82) is 0 Å². The molecule has 0 radical (unpaired) electrons. The number of primary amides is 1. The topological polar surface area (TPSA) is 68.5 Å². The highest BCUT2D eigenvalue weighted by molar-refractivity contribution is 5.98. The van der Waals surface area contributed by atoms with Crippen molar-refractivity contribution in [3.05, 3.63) is 59.9 Å². The summed E-state index contributed by atoms with van der Waals surface area (Å²) in [5.74, 6) is -0.435. The lowest BCUT2D eigenvalue weighted by atomic mass is 10.1. The zero-order chi connectivity index (χ0) is 16.1. The standard InChI is InChI=1S/C18H21N3O2/c19-18(22)16-12-20-9-6-17(16)21-10-7-15(8-11-21)23-13-14-4-2-1-3-5-14/h1-6,9,12,15H,7-8,10-11,13H2,(H2,19,22). The van der Waals surface area contributed by atoms with E-state index in [0.29, 0.717) is 12.2 Å². The molecule has 2 heterocycles. The Morgan fingerprint density at radius 3 is 2.65 bits per heavy atom. The summed E-state index contributed by atoms with van der Waals surface area (Å²) in [7, 11) is 0. The Hall–Kier alpha value is -2.40. The number of pyridine rings is 1. The van der Waals surface area contributed by atoms with Crippen LogP contribution in [-0.4, -0.2) is 30.1 Å². The van der Waals surface area contributed by atoms with Crippen LogP contribution in [0.15, 0.2) is 48.8 Å². The van der Waals surface area contributed by atoms with Gasteiger partial charge in [-0.1, -0.05) is 30.3 Å². The molecule has 0 atom stereocenters. The van der Waals surface area contributed by atoms with Gasteiger partial charge in [0.15, 0.2) is 0 Å². The Morgan fingerprint density at radius 2 is 1.96 bits per heavy atom. The molecular weight excluding hydrogens is 290 g/mol. The number of nitrogens with two attached hydrogens (primary N) is 1. The van der Waals surface area contributed by atoms with Crippen molar-refractivity contribution in [2.75, 3.05) is 18.0 Å². The second-order valence-electron chi connectivity index (χ2n) is 5.74. The Morgan fingerprint density at radius 1 is 1.22 bits per heavy atom. The van der Waals surface area contributed by atoms with Gasteiger partial charge in [0.25, 0.3) is 5.91 Å². The normalized spacial score (nSPS) is 15.6. The third kappa shape index (κ3) is 3.87. The molecule has 3 rings (SSSR count). The molecule has 1 saturated heterocycles. The van der Waals surface area contributed by atoms with E-state index < -0.39 is 5.91 Å². The summed E-state index contributed by atoms with van der Waals surface area (Å²) in [5, 5.41) is 0. The maximum Gasteiger partial charge on any atom is 0.252 e. The van der Waals surface area contributed by atoms with Gasteiger partial charge in [0.2, 0.25) is 0 Å². The SMILES string of the molecule is NC(=O)c1cnccc1N1CCC(OCc2ccccc2)CC1. The number of amides is 1. The average molecular weight is 311 g/mol. The number of hydrogen-bond donors (Lipinski definition) is 1. The van der Waals surface area contributed by atoms with Gasteiger partial charge in [0, 0.05) is 25.5 Å². The van der Waals surface area contributed by atoms with Crippen molar-refractivity contribution in [2.45, 2.75) is 25.6 Å². The third-order valence-electron chi connectivity index (χ3n) is 4.17. The molecule has 1 aliphatic rings. The van der Waals surface area contributed by atoms with Crippen molar-refractivity contribution in [3.8, 4) is 0 Å². The molecule has 1 aromatic carbocycles. The van der Waals surface area contributed by atoms with E-state index in [0.717, 1.165) is 31.6 Å². The molecular formula is C18H21N3O2. The second kappa shape index (κ2) is 7.24. The molecule has 0 unspecified atom stereocenters. The first-order valence-corrected chi connectivity index (χ1v) is 7.88. The maximum atomic E-state index is 11.5. The highest BCUT2D eigenvalue weighted by Crippen LogP contribution is 2.24. The van der Waals surface area contributed by atoms with Crippen LogP contribution in [0.1, 0.15) is 28.8 Å². The smallest absolute Gasteiger partial charge is 0.252 e. The number of benzene rings is 1. The summed E-state index contributed by atoms with van der Waals surface area (Å²) in [4.78, 5) is 17.7. The van der Waals surface area contributed by atoms with Gasteiger partial charge in [0.05, 0.1) is 24.0 Å². The van der Waals surface area contributed by atoms with Gasteiger partial charge in [-0.05, 0) is 24.5 Å². The fourth-order valence-electron chi connectivity index (χ4n) is 2.90. The Kier molecular flexibility index (Phi) is 4.88. The molecule has 0 bridgehead atoms. The number of nitrogens with zero attached hydrogens (tertiary/aromatic N) is 2. The van der Waals surface area contributed by atoms with Gasteiger partial charge >= 0.3 is 0 Å². The first-order chi connectivity index (χ1) is 11.2. The van der Waals surface area contributed by atoms with Gasteiger partial charge in [-0.15, -0.1) is 0 Å². The molecule has 5 heteroatoms. The molecule has 5 nitrogen and oxygen atoms in total. The first-order valence-electron chi connectivity index (χ1n) is 7.88. The molecule has 0 aliphatic carbocycles. The average Bonchev–Trinajstić information content (AvgIpc) is 2.61. The molecule has 1 aromatic heterocycles. The van der Waals surface area contributed by atoms with Gasteiger partial charge in [-0.25, -0.2) is 0 Å². The third-order valence-corrected chi connectivity index (χ3v) is 4.17. The van der Waals surface area contributed by atoms with Crippen LogP contribution in [0, 0.1) is 0 Å². The number of hydrogen-bond acceptors (Lipinski definition) is 4. The van der Waals surface area contributed by atoms with Gasteiger partial charge < -0.3 is 15.4 Å². The van der Waals surface area contributed by atoms with Crippen LogP contribution >= 0.6 is 0 Å². The van der Waals surface area contributed by atoms with E-state index in [1.54, 1.807) is 6.20 Å². The van der Waals surface area contributed by atoms with Gasteiger partial charge in [-0.2, -0.15) is 0 Å². The van der Waals surface area contributed by atoms with E-state index in [-0.39, 0.29) is 6.10 Å². The predicted octanol–water partition coefficient (Wildman–Crippen LogP) is 2.37. The van der Waals surface area contributed by atoms with Crippen molar-refractivity contribution >= 4 is 11.6 Å². The Labute approximate surface area is 136 Å². The fraction of sp³-hybridized carbons (Fsp3) is 0.333. The highest BCUT2D eigenvalue weighted by atomic mass is 16.5. The number of ether oxygens (including phenoxy) is 1. The van der Waals surface area contributed by atoms with E-state index in [1.807, 2.05) is 24.3 Å². The Bertz CT molecular complexity index is 652. The summed E-state index contributed by atoms with van der Waals surface area (Å²) in [6, 6.07) is 12.1. The van der Waals surface area contributed by atoms with E-state index in [4.69, 9.17) is 10.5 Å². The van der Waals surface area contributed by atoms with Crippen molar-refractivity contribution in [1.82, 2.24) is 4.98 Å². The lowest BCUT2D eigenvalue weighted by molar-refractivity contribution is 0.0251. The first kappa shape index (κ1) is 15.5. The van der Waals surface area contributed by atoms with E-state index in [9.17, 15) is 4.79 Å². The molecule has 0 saturated carbocycles. The van der Waals surface area contributed by atoms with Gasteiger partial charge in [-0.3, -0.25) is 9.78 Å². The second-order valence-corrected chi connectivity index (χ2v) is 5.74. The number of carbonyl (C=O) groups excluding carboxylic acids is 1. The molecule has 1 aliphatic heterocycles. The number of anilines is 1. The molecule has 0 spiro atoms. The largest absolute Gasteiger partial charge is 0.373 e. The van der Waals surface area contributed by atoms with E-state index >= 15 is 0 Å². The molecule has 2 N–H and O–H groups in total. The summed E-state index contributed by atoms with van der Waals surface area (Å²) in [5.41, 5.74) is 7.98. The zero-order valence-electron chi connectivity index (χ0n) is 13.0. The van der Waals surface area contributed by atoms with Crippen LogP contribution in [0.2, 0.25) is 0 Å². The minimum absolute atomic E-state index is 0.255. The summed E-state index contributed by atoms with van der Waals surface area (Å²) in [6.45, 7) is 2.35. The quantitative estimate of drug-likeness (QED) is 0.920. The molecule has 23 heavy (non-hydrogen) atoms. The summed E-state index contributed by atoms with van der Waals surface area (Å²) < 4.78 is 6.00. The van der Waals surface area contributed by atoms with Gasteiger partial charge in [0.1, 0.15) is 0 Å². The van der Waals surface area contributed by atoms with Crippen molar-refractivity contribution in [3.63, 3.8) is 0 Å². The lowest BCUT2D eigenvalue weighted by Gasteiger charge is -2.34. The minimum atomic E-state index is -0.435. The number of aromatic nitrogens is 1. The van der Waals surface area contributed by atoms with Crippen LogP contribution in [0.25, 0.3) is 0 Å². The minimum Gasteiger partial charge on any atom is -0.373 e. The van der Waals surface area contributed by atoms with Crippen LogP contribution in [0.3, 0.4) is 0 Å². The van der Waals surface area contributed by atoms with Crippen LogP contribution in [0.5, 0.6) is 0 Å². The van der Waals surface area contributed by atoms with Crippen LogP contribution in [0.4, 0.5) is 5.69 Å². The monoisotopic (exact) mass is 311 g/mol. The fourth-order valence-corrected chi connectivity index (χ4v) is 2.90. The number of rotatable bonds is 5. The molecule has 1 fully saturated rings. The zero-order valence-corrected chi connectivity index (χ0v) is 13.0. The predicted molar refractivity (Wildman–Crippen MR) is 89.2 cm³/mol. The highest BCUT2D eigenvalue weighted by Gasteiger charge is 2.22. The van der Waals surface area contributed by atoms with Crippen LogP contribution < -0.4 is 10.6 Å². The van der Waals surface area contributed by atoms with Crippen molar-refractivity contribution < 1.29 is 9.53 Å². The van der Waals surface area contributed by atoms with Crippen molar-refractivity contribution in [2.24, 2.45) is 5.73 Å². The summed E-state index contributed by atoms with van der Waals surface area (Å²) in [6.07, 6.45) is 5.36. The number of carbonyl (C=O) groups is 1. The van der Waals surface area contributed by atoms with E-state index in [1.165, 1.54) is 11.8 Å². The molecule has 2 aromatic rings. The summed E-state index contributed by atoms with van der Waals surface area (Å²) >= 11 is 0. The van der Waals surface area contributed by atoms with Crippen LogP contribution in [-0.2, 0) is 11.3 Å². The number of piperidine rings is 1. The molecule has 120 valence electrons. The molecule has 1 amide bonds.